The molecule has 0 saturated heterocycles. The molecule has 2 aromatic heterocycles. The van der Waals surface area contributed by atoms with Crippen LogP contribution in [0.3, 0.4) is 0 Å². The van der Waals surface area contributed by atoms with Crippen molar-refractivity contribution < 1.29 is 13.2 Å². The van der Waals surface area contributed by atoms with Gasteiger partial charge >= 0.3 is 0 Å². The number of aromatic nitrogens is 3. The summed E-state index contributed by atoms with van der Waals surface area (Å²) in [5.41, 5.74) is 1.60. The van der Waals surface area contributed by atoms with Crippen molar-refractivity contribution in [1.29, 1.82) is 0 Å². The zero-order valence-electron chi connectivity index (χ0n) is 14.0. The number of nitrogens with zero attached hydrogens (tertiary/aromatic N) is 4. The quantitative estimate of drug-likeness (QED) is 0.814. The number of carbonyl (C=O) groups excluding carboxylic acids is 1. The molecule has 0 saturated carbocycles. The Bertz CT molecular complexity index is 834. The summed E-state index contributed by atoms with van der Waals surface area (Å²) in [6, 6.07) is 3.04. The smallest absolute Gasteiger partial charge is 0.244 e. The first-order valence-corrected chi connectivity index (χ1v) is 9.77. The van der Waals surface area contributed by atoms with Gasteiger partial charge in [0.1, 0.15) is 6.04 Å². The molecule has 1 aliphatic heterocycles. The van der Waals surface area contributed by atoms with Crippen molar-refractivity contribution in [2.24, 2.45) is 0 Å². The maximum atomic E-state index is 12.7. The van der Waals surface area contributed by atoms with Gasteiger partial charge in [0, 0.05) is 31.7 Å². The van der Waals surface area contributed by atoms with Gasteiger partial charge in [-0.25, -0.2) is 13.4 Å². The minimum atomic E-state index is -3.39. The van der Waals surface area contributed by atoms with Crippen LogP contribution in [0.5, 0.6) is 0 Å². The van der Waals surface area contributed by atoms with E-state index in [-0.39, 0.29) is 24.7 Å². The minimum absolute atomic E-state index is 0.0746. The summed E-state index contributed by atoms with van der Waals surface area (Å²) in [6.45, 7) is 2.53. The molecule has 9 heteroatoms. The molecule has 0 fully saturated rings. The summed E-state index contributed by atoms with van der Waals surface area (Å²) in [5, 5.41) is 2.85. The molecule has 3 rings (SSSR count). The number of sulfonamides is 1. The van der Waals surface area contributed by atoms with E-state index in [1.807, 2.05) is 13.0 Å². The van der Waals surface area contributed by atoms with Gasteiger partial charge in [-0.05, 0) is 18.1 Å². The Hall–Kier alpha value is -2.26. The number of hydrogen-bond donors (Lipinski definition) is 1. The lowest BCUT2D eigenvalue weighted by Gasteiger charge is -2.32. The third-order valence-electron chi connectivity index (χ3n) is 4.14. The third kappa shape index (κ3) is 3.88. The highest BCUT2D eigenvalue weighted by atomic mass is 32.2. The van der Waals surface area contributed by atoms with Crippen LogP contribution in [-0.4, -0.2) is 45.5 Å². The molecule has 0 radical (unpaired) electrons. The van der Waals surface area contributed by atoms with Crippen molar-refractivity contribution in [2.75, 3.05) is 12.3 Å². The van der Waals surface area contributed by atoms with Gasteiger partial charge in [-0.1, -0.05) is 13.0 Å². The lowest BCUT2D eigenvalue weighted by molar-refractivity contribution is -0.125. The summed E-state index contributed by atoms with van der Waals surface area (Å²) < 4.78 is 28.0. The largest absolute Gasteiger partial charge is 0.350 e. The number of amides is 1. The van der Waals surface area contributed by atoms with E-state index in [4.69, 9.17) is 0 Å². The van der Waals surface area contributed by atoms with Crippen molar-refractivity contribution in [3.05, 3.63) is 48.3 Å². The minimum Gasteiger partial charge on any atom is -0.350 e. The second-order valence-electron chi connectivity index (χ2n) is 6.00. The summed E-state index contributed by atoms with van der Waals surface area (Å²) >= 11 is 0. The van der Waals surface area contributed by atoms with E-state index < -0.39 is 16.1 Å². The highest BCUT2D eigenvalue weighted by molar-refractivity contribution is 7.89. The van der Waals surface area contributed by atoms with Crippen molar-refractivity contribution in [3.63, 3.8) is 0 Å². The maximum absolute atomic E-state index is 12.7. The fourth-order valence-corrected chi connectivity index (χ4v) is 4.35. The second kappa shape index (κ2) is 7.32. The van der Waals surface area contributed by atoms with Gasteiger partial charge in [-0.2, -0.15) is 4.31 Å². The van der Waals surface area contributed by atoms with Crippen LogP contribution in [0, 0.1) is 0 Å². The second-order valence-corrected chi connectivity index (χ2v) is 8.08. The van der Waals surface area contributed by atoms with Crippen molar-refractivity contribution in [1.82, 2.24) is 24.2 Å². The van der Waals surface area contributed by atoms with Crippen LogP contribution < -0.4 is 5.32 Å². The fourth-order valence-electron chi connectivity index (χ4n) is 2.88. The number of fused-ring (bicyclic) bond motifs is 1. The summed E-state index contributed by atoms with van der Waals surface area (Å²) in [5.74, 6) is -0.162. The van der Waals surface area contributed by atoms with E-state index in [0.29, 0.717) is 18.7 Å². The molecule has 8 nitrogen and oxygen atoms in total. The number of imidazole rings is 1. The monoisotopic (exact) mass is 363 g/mol. The maximum Gasteiger partial charge on any atom is 0.244 e. The molecule has 1 atom stereocenters. The fraction of sp³-hybridized carbons (Fsp3) is 0.438. The van der Waals surface area contributed by atoms with E-state index in [9.17, 15) is 13.2 Å². The zero-order valence-corrected chi connectivity index (χ0v) is 14.8. The Morgan fingerprint density at radius 2 is 2.20 bits per heavy atom. The first kappa shape index (κ1) is 17.6. The average molecular weight is 363 g/mol. The Morgan fingerprint density at radius 1 is 1.36 bits per heavy atom. The predicted molar refractivity (Wildman–Crippen MR) is 91.8 cm³/mol. The molecule has 0 unspecified atom stereocenters. The van der Waals surface area contributed by atoms with Crippen LogP contribution in [0.1, 0.15) is 30.6 Å². The molecule has 25 heavy (non-hydrogen) atoms. The topological polar surface area (TPSA) is 97.2 Å². The molecule has 2 aromatic rings. The molecule has 0 spiro atoms. The van der Waals surface area contributed by atoms with Crippen LogP contribution >= 0.6 is 0 Å². The first-order valence-electron chi connectivity index (χ1n) is 8.16. The lowest BCUT2D eigenvalue weighted by Crippen LogP contribution is -2.46. The van der Waals surface area contributed by atoms with Crippen molar-refractivity contribution >= 4 is 15.9 Å². The number of pyridine rings is 1. The van der Waals surface area contributed by atoms with Crippen LogP contribution in [0.15, 0.2) is 37.1 Å². The first-order chi connectivity index (χ1) is 12.0. The third-order valence-corrected chi connectivity index (χ3v) is 6.13. The molecule has 1 aliphatic rings. The summed E-state index contributed by atoms with van der Waals surface area (Å²) in [6.07, 6.45) is 7.07. The number of rotatable bonds is 6. The van der Waals surface area contributed by atoms with E-state index in [2.05, 4.69) is 15.3 Å². The molecule has 134 valence electrons. The molecule has 3 heterocycles. The van der Waals surface area contributed by atoms with Crippen molar-refractivity contribution in [2.45, 2.75) is 32.5 Å². The Labute approximate surface area is 146 Å². The Morgan fingerprint density at radius 3 is 2.92 bits per heavy atom. The predicted octanol–water partition coefficient (Wildman–Crippen LogP) is 0.691. The summed E-state index contributed by atoms with van der Waals surface area (Å²) in [7, 11) is -3.39. The van der Waals surface area contributed by atoms with Gasteiger partial charge in [-0.15, -0.1) is 0 Å². The molecule has 1 amide bonds. The lowest BCUT2D eigenvalue weighted by atomic mass is 10.2. The van der Waals surface area contributed by atoms with E-state index in [0.717, 1.165) is 5.56 Å². The van der Waals surface area contributed by atoms with Gasteiger partial charge in [0.05, 0.1) is 24.3 Å². The number of hydrogen-bond acceptors (Lipinski definition) is 5. The van der Waals surface area contributed by atoms with E-state index >= 15 is 0 Å². The van der Waals surface area contributed by atoms with Crippen LogP contribution in [0.4, 0.5) is 0 Å². The van der Waals surface area contributed by atoms with Gasteiger partial charge in [-0.3, -0.25) is 9.78 Å². The number of carbonyl (C=O) groups is 1. The SMILES string of the molecule is CCCS(=O)(=O)N1Cc2cncn2[C@@H](C(=O)NCc2cccnc2)C1. The van der Waals surface area contributed by atoms with Gasteiger partial charge < -0.3 is 9.88 Å². The van der Waals surface area contributed by atoms with Gasteiger partial charge in [0.2, 0.25) is 15.9 Å². The summed E-state index contributed by atoms with van der Waals surface area (Å²) in [4.78, 5) is 20.7. The van der Waals surface area contributed by atoms with Crippen LogP contribution in [-0.2, 0) is 27.9 Å². The van der Waals surface area contributed by atoms with Crippen molar-refractivity contribution in [3.8, 4) is 0 Å². The van der Waals surface area contributed by atoms with Crippen LogP contribution in [0.25, 0.3) is 0 Å². The van der Waals surface area contributed by atoms with E-state index in [1.165, 1.54) is 4.31 Å². The highest BCUT2D eigenvalue weighted by Crippen LogP contribution is 2.24. The Balaban J connectivity index is 1.76. The molecular weight excluding hydrogens is 342 g/mol. The molecule has 1 N–H and O–H groups in total. The normalized spacial score (nSPS) is 17.9. The highest BCUT2D eigenvalue weighted by Gasteiger charge is 2.35. The standard InChI is InChI=1S/C16H21N5O3S/c1-2-6-25(23,24)20-10-14-9-18-12-21(14)15(11-20)16(22)19-8-13-4-3-5-17-7-13/h3-5,7,9,12,15H,2,6,8,10-11H2,1H3,(H,19,22)/t15-/m1/s1. The van der Waals surface area contributed by atoms with E-state index in [1.54, 1.807) is 35.6 Å². The molecule has 0 bridgehead atoms. The molecular formula is C16H21N5O3S. The molecule has 0 aliphatic carbocycles. The molecule has 0 aromatic carbocycles. The Kier molecular flexibility index (Phi) is 5.14. The van der Waals surface area contributed by atoms with Crippen LogP contribution in [0.2, 0.25) is 0 Å². The van der Waals surface area contributed by atoms with Gasteiger partial charge in [0.15, 0.2) is 0 Å². The number of nitrogens with one attached hydrogen (secondary N) is 1. The zero-order chi connectivity index (χ0) is 17.9. The average Bonchev–Trinajstić information content (AvgIpc) is 3.08. The van der Waals surface area contributed by atoms with Gasteiger partial charge in [0.25, 0.3) is 0 Å².